The fraction of sp³-hybridized carbons (Fsp3) is 0.529. The van der Waals surface area contributed by atoms with Gasteiger partial charge in [0.1, 0.15) is 6.54 Å². The van der Waals surface area contributed by atoms with Crippen LogP contribution in [0, 0.1) is 5.92 Å². The first-order valence-corrected chi connectivity index (χ1v) is 7.55. The van der Waals surface area contributed by atoms with Crippen molar-refractivity contribution in [2.45, 2.75) is 40.0 Å². The number of aryl methyl sites for hydroxylation is 1. The van der Waals surface area contributed by atoms with E-state index in [0.717, 1.165) is 19.3 Å². The highest BCUT2D eigenvalue weighted by molar-refractivity contribution is 5.95. The highest BCUT2D eigenvalue weighted by Gasteiger charge is 2.09. The number of carbonyl (C=O) groups is 2. The Balaban J connectivity index is 2.39. The molecule has 4 heteroatoms. The molecule has 21 heavy (non-hydrogen) atoms. The molecule has 0 aliphatic carbocycles. The summed E-state index contributed by atoms with van der Waals surface area (Å²) in [6.45, 7) is 6.36. The fourth-order valence-electron chi connectivity index (χ4n) is 1.77. The first kappa shape index (κ1) is 17.2. The Labute approximate surface area is 126 Å². The van der Waals surface area contributed by atoms with Crippen LogP contribution in [0.1, 0.15) is 49.5 Å². The molecule has 4 nitrogen and oxygen atoms in total. The average Bonchev–Trinajstić information content (AvgIpc) is 2.49. The largest absolute Gasteiger partial charge is 0.464 e. The second-order valence-electron chi connectivity index (χ2n) is 5.56. The first-order valence-electron chi connectivity index (χ1n) is 7.55. The zero-order valence-electron chi connectivity index (χ0n) is 13.1. The van der Waals surface area contributed by atoms with Gasteiger partial charge in [-0.3, -0.25) is 9.59 Å². The number of ether oxygens (including phenoxy) is 1. The van der Waals surface area contributed by atoms with Crippen molar-refractivity contribution < 1.29 is 14.3 Å². The van der Waals surface area contributed by atoms with Crippen LogP contribution in [0.15, 0.2) is 24.3 Å². The third-order valence-electron chi connectivity index (χ3n) is 3.01. The number of nitrogens with one attached hydrogen (secondary N) is 1. The van der Waals surface area contributed by atoms with Gasteiger partial charge >= 0.3 is 5.97 Å². The van der Waals surface area contributed by atoms with Gasteiger partial charge in [-0.25, -0.2) is 0 Å². The smallest absolute Gasteiger partial charge is 0.325 e. The number of unbranched alkanes of at least 4 members (excludes halogenated alkanes) is 1. The van der Waals surface area contributed by atoms with Gasteiger partial charge in [0.15, 0.2) is 0 Å². The number of hydrogen-bond donors (Lipinski definition) is 1. The van der Waals surface area contributed by atoms with Crippen LogP contribution in [0.5, 0.6) is 0 Å². The molecule has 0 bridgehead atoms. The molecule has 1 rings (SSSR count). The fourth-order valence-corrected chi connectivity index (χ4v) is 1.77. The zero-order valence-corrected chi connectivity index (χ0v) is 13.1. The molecule has 1 aromatic rings. The number of carbonyl (C=O) groups excluding carboxylic acids is 2. The summed E-state index contributed by atoms with van der Waals surface area (Å²) in [5.74, 6) is -0.365. The van der Waals surface area contributed by atoms with Crippen LogP contribution in [-0.4, -0.2) is 25.0 Å². The van der Waals surface area contributed by atoms with E-state index < -0.39 is 5.97 Å². The summed E-state index contributed by atoms with van der Waals surface area (Å²) in [4.78, 5) is 23.3. The molecule has 0 saturated heterocycles. The lowest BCUT2D eigenvalue weighted by Gasteiger charge is -2.08. The summed E-state index contributed by atoms with van der Waals surface area (Å²) in [6.07, 6.45) is 3.33. The van der Waals surface area contributed by atoms with Gasteiger partial charge in [-0.2, -0.15) is 0 Å². The predicted molar refractivity (Wildman–Crippen MR) is 83.2 cm³/mol. The Morgan fingerprint density at radius 3 is 2.43 bits per heavy atom. The minimum atomic E-state index is -0.406. The number of rotatable bonds is 8. The Bertz CT molecular complexity index is 452. The summed E-state index contributed by atoms with van der Waals surface area (Å²) in [5, 5.41) is 2.57. The second-order valence-corrected chi connectivity index (χ2v) is 5.56. The predicted octanol–water partition coefficient (Wildman–Crippen LogP) is 2.96. The lowest BCUT2D eigenvalue weighted by molar-refractivity contribution is -0.143. The third kappa shape index (κ3) is 6.93. The van der Waals surface area contributed by atoms with E-state index in [4.69, 9.17) is 4.74 Å². The average molecular weight is 291 g/mol. The molecule has 0 atom stereocenters. The van der Waals surface area contributed by atoms with Crippen molar-refractivity contribution in [2.24, 2.45) is 5.92 Å². The minimum absolute atomic E-state index is 0.0941. The van der Waals surface area contributed by atoms with Crippen molar-refractivity contribution in [2.75, 3.05) is 13.2 Å². The van der Waals surface area contributed by atoms with Crippen LogP contribution in [0.4, 0.5) is 0 Å². The Hall–Kier alpha value is -1.84. The zero-order chi connectivity index (χ0) is 15.7. The molecule has 1 amide bonds. The maximum atomic E-state index is 11.9. The molecule has 1 aromatic carbocycles. The van der Waals surface area contributed by atoms with Crippen molar-refractivity contribution >= 4 is 11.9 Å². The lowest BCUT2D eigenvalue weighted by Crippen LogP contribution is -2.31. The number of esters is 1. The number of benzene rings is 1. The third-order valence-corrected chi connectivity index (χ3v) is 3.01. The van der Waals surface area contributed by atoms with E-state index in [-0.39, 0.29) is 12.5 Å². The lowest BCUT2D eigenvalue weighted by atomic mass is 10.1. The van der Waals surface area contributed by atoms with Gasteiger partial charge in [-0.1, -0.05) is 39.3 Å². The van der Waals surface area contributed by atoms with Gasteiger partial charge in [0.05, 0.1) is 6.61 Å². The molecule has 0 spiro atoms. The van der Waals surface area contributed by atoms with Crippen molar-refractivity contribution in [1.82, 2.24) is 5.32 Å². The molecule has 0 aromatic heterocycles. The summed E-state index contributed by atoms with van der Waals surface area (Å²) in [7, 11) is 0. The first-order chi connectivity index (χ1) is 10.0. The van der Waals surface area contributed by atoms with Gasteiger partial charge in [0.2, 0.25) is 0 Å². The van der Waals surface area contributed by atoms with Crippen LogP contribution >= 0.6 is 0 Å². The Morgan fingerprint density at radius 2 is 1.86 bits per heavy atom. The maximum absolute atomic E-state index is 11.9. The molecule has 0 aliphatic rings. The van der Waals surface area contributed by atoms with E-state index in [0.29, 0.717) is 18.1 Å². The SMILES string of the molecule is CCCCc1ccc(C(=O)NCC(=O)OCC(C)C)cc1. The normalized spacial score (nSPS) is 10.5. The standard InChI is InChI=1S/C17H25NO3/c1-4-5-6-14-7-9-15(10-8-14)17(20)18-11-16(19)21-12-13(2)3/h7-10,13H,4-6,11-12H2,1-3H3,(H,18,20). The van der Waals surface area contributed by atoms with Gasteiger partial charge in [-0.05, 0) is 36.5 Å². The highest BCUT2D eigenvalue weighted by Crippen LogP contribution is 2.07. The van der Waals surface area contributed by atoms with E-state index in [1.165, 1.54) is 5.56 Å². The highest BCUT2D eigenvalue weighted by atomic mass is 16.5. The molecular formula is C17H25NO3. The Kier molecular flexibility index (Phi) is 7.51. The summed E-state index contributed by atoms with van der Waals surface area (Å²) >= 11 is 0. The molecule has 0 fully saturated rings. The Morgan fingerprint density at radius 1 is 1.19 bits per heavy atom. The molecule has 0 radical (unpaired) electrons. The minimum Gasteiger partial charge on any atom is -0.464 e. The summed E-state index contributed by atoms with van der Waals surface area (Å²) in [5.41, 5.74) is 1.79. The van der Waals surface area contributed by atoms with E-state index >= 15 is 0 Å². The molecule has 1 N–H and O–H groups in total. The monoisotopic (exact) mass is 291 g/mol. The number of amides is 1. The molecular weight excluding hydrogens is 266 g/mol. The molecule has 0 saturated carbocycles. The van der Waals surface area contributed by atoms with Gasteiger partial charge in [0.25, 0.3) is 5.91 Å². The van der Waals surface area contributed by atoms with Crippen LogP contribution in [0.25, 0.3) is 0 Å². The van der Waals surface area contributed by atoms with Crippen LogP contribution in [0.3, 0.4) is 0 Å². The summed E-state index contributed by atoms with van der Waals surface area (Å²) in [6, 6.07) is 7.50. The van der Waals surface area contributed by atoms with Crippen LogP contribution in [0.2, 0.25) is 0 Å². The van der Waals surface area contributed by atoms with Gasteiger partial charge in [0, 0.05) is 5.56 Å². The van der Waals surface area contributed by atoms with Crippen molar-refractivity contribution in [3.63, 3.8) is 0 Å². The second kappa shape index (κ2) is 9.16. The molecule has 0 unspecified atom stereocenters. The van der Waals surface area contributed by atoms with Gasteiger partial charge in [-0.15, -0.1) is 0 Å². The quantitative estimate of drug-likeness (QED) is 0.749. The van der Waals surface area contributed by atoms with Crippen LogP contribution in [-0.2, 0) is 16.0 Å². The summed E-state index contributed by atoms with van der Waals surface area (Å²) < 4.78 is 5.00. The van der Waals surface area contributed by atoms with Crippen molar-refractivity contribution in [1.29, 1.82) is 0 Å². The molecule has 0 aliphatic heterocycles. The van der Waals surface area contributed by atoms with E-state index in [1.54, 1.807) is 12.1 Å². The van der Waals surface area contributed by atoms with E-state index in [1.807, 2.05) is 26.0 Å². The maximum Gasteiger partial charge on any atom is 0.325 e. The van der Waals surface area contributed by atoms with Crippen molar-refractivity contribution in [3.8, 4) is 0 Å². The van der Waals surface area contributed by atoms with E-state index in [2.05, 4.69) is 12.2 Å². The topological polar surface area (TPSA) is 55.4 Å². The molecule has 116 valence electrons. The van der Waals surface area contributed by atoms with Crippen molar-refractivity contribution in [3.05, 3.63) is 35.4 Å². The van der Waals surface area contributed by atoms with E-state index in [9.17, 15) is 9.59 Å². The van der Waals surface area contributed by atoms with Gasteiger partial charge < -0.3 is 10.1 Å². The number of hydrogen-bond acceptors (Lipinski definition) is 3. The van der Waals surface area contributed by atoms with Crippen LogP contribution < -0.4 is 5.32 Å². The molecule has 0 heterocycles.